The molecule has 0 aliphatic heterocycles. The summed E-state index contributed by atoms with van der Waals surface area (Å²) in [6.07, 6.45) is -4.15. The van der Waals surface area contributed by atoms with E-state index in [1.807, 2.05) is 19.1 Å². The van der Waals surface area contributed by atoms with Crippen molar-refractivity contribution in [3.63, 3.8) is 0 Å². The van der Waals surface area contributed by atoms with Crippen LogP contribution >= 0.6 is 0 Å². The van der Waals surface area contributed by atoms with Crippen LogP contribution < -0.4 is 0 Å². The van der Waals surface area contributed by atoms with Crippen LogP contribution in [0.1, 0.15) is 18.1 Å². The minimum Gasteiger partial charge on any atom is -0.206 e. The Morgan fingerprint density at radius 2 is 1.20 bits per heavy atom. The molecule has 3 aromatic rings. The third-order valence-corrected chi connectivity index (χ3v) is 4.40. The molecule has 30 heavy (non-hydrogen) atoms. The second kappa shape index (κ2) is 8.23. The van der Waals surface area contributed by atoms with Crippen molar-refractivity contribution in [1.82, 2.24) is 0 Å². The number of aryl methyl sites for hydroxylation is 1. The number of alkyl halides is 3. The van der Waals surface area contributed by atoms with Gasteiger partial charge in [-0.3, -0.25) is 0 Å². The largest absolute Gasteiger partial charge is 0.458 e. The first kappa shape index (κ1) is 21.4. The molecule has 0 amide bonds. The molecule has 0 saturated carbocycles. The van der Waals surface area contributed by atoms with Crippen LogP contribution in [0.4, 0.5) is 30.7 Å². The molecule has 0 aliphatic carbocycles. The lowest BCUT2D eigenvalue weighted by atomic mass is 9.97. The molecule has 0 spiro atoms. The molecule has 0 unspecified atom stereocenters. The predicted molar refractivity (Wildman–Crippen MR) is 99.5 cm³/mol. The van der Waals surface area contributed by atoms with Crippen molar-refractivity contribution in [2.75, 3.05) is 0 Å². The van der Waals surface area contributed by atoms with Gasteiger partial charge >= 0.3 is 6.18 Å². The summed E-state index contributed by atoms with van der Waals surface area (Å²) in [5, 5.41) is 0. The molecule has 0 radical (unpaired) electrons. The van der Waals surface area contributed by atoms with Crippen LogP contribution in [0.3, 0.4) is 0 Å². The summed E-state index contributed by atoms with van der Waals surface area (Å²) >= 11 is 0. The molecule has 7 heteroatoms. The summed E-state index contributed by atoms with van der Waals surface area (Å²) in [7, 11) is 0. The predicted octanol–water partition coefficient (Wildman–Crippen LogP) is 7.05. The molecular weight excluding hydrogens is 409 g/mol. The third kappa shape index (κ3) is 4.65. The molecule has 0 aromatic heterocycles. The third-order valence-electron chi connectivity index (χ3n) is 4.40. The van der Waals surface area contributed by atoms with Gasteiger partial charge in [0.2, 0.25) is 0 Å². The van der Waals surface area contributed by atoms with Crippen molar-refractivity contribution in [2.24, 2.45) is 0 Å². The van der Waals surface area contributed by atoms with Crippen LogP contribution in [-0.2, 0) is 6.42 Å². The second-order valence-electron chi connectivity index (χ2n) is 6.43. The first-order valence-corrected chi connectivity index (χ1v) is 8.76. The number of rotatable bonds is 3. The molecule has 0 bridgehead atoms. The zero-order valence-electron chi connectivity index (χ0n) is 15.5. The monoisotopic (exact) mass is 422 g/mol. The average Bonchev–Trinajstić information content (AvgIpc) is 2.66. The molecule has 154 valence electrons. The second-order valence-corrected chi connectivity index (χ2v) is 6.43. The van der Waals surface area contributed by atoms with E-state index in [-0.39, 0.29) is 5.56 Å². The van der Waals surface area contributed by atoms with Crippen LogP contribution in [-0.4, -0.2) is 6.18 Å². The highest BCUT2D eigenvalue weighted by Gasteiger charge is 2.24. The topological polar surface area (TPSA) is 0 Å². The Bertz CT molecular complexity index is 1100. The van der Waals surface area contributed by atoms with Gasteiger partial charge in [-0.25, -0.2) is 17.6 Å². The highest BCUT2D eigenvalue weighted by molar-refractivity contribution is 5.72. The summed E-state index contributed by atoms with van der Waals surface area (Å²) in [5.74, 6) is -2.95. The summed E-state index contributed by atoms with van der Waals surface area (Å²) in [6, 6.07) is 10.1. The smallest absolute Gasteiger partial charge is 0.206 e. The van der Waals surface area contributed by atoms with Crippen molar-refractivity contribution in [1.29, 1.82) is 0 Å². The van der Waals surface area contributed by atoms with E-state index in [1.54, 1.807) is 12.1 Å². The van der Waals surface area contributed by atoms with Gasteiger partial charge in [-0.15, -0.1) is 0 Å². The molecule has 0 saturated heterocycles. The fraction of sp³-hybridized carbons (Fsp3) is 0.130. The zero-order chi connectivity index (χ0) is 22.1. The van der Waals surface area contributed by atoms with Crippen LogP contribution in [0, 0.1) is 35.1 Å². The maximum atomic E-state index is 14.6. The minimum atomic E-state index is -4.94. The molecule has 0 N–H and O–H groups in total. The maximum Gasteiger partial charge on any atom is 0.458 e. The van der Waals surface area contributed by atoms with E-state index in [4.69, 9.17) is 0 Å². The van der Waals surface area contributed by atoms with Crippen molar-refractivity contribution in [2.45, 2.75) is 19.5 Å². The van der Waals surface area contributed by atoms with Gasteiger partial charge in [-0.2, -0.15) is 13.2 Å². The van der Waals surface area contributed by atoms with Gasteiger partial charge in [0.25, 0.3) is 0 Å². The Morgan fingerprint density at radius 1 is 0.700 bits per heavy atom. The summed E-state index contributed by atoms with van der Waals surface area (Å²) in [6.45, 7) is 1.96. The quantitative estimate of drug-likeness (QED) is 0.313. The van der Waals surface area contributed by atoms with E-state index < -0.39 is 46.1 Å². The fourth-order valence-electron chi connectivity index (χ4n) is 2.92. The van der Waals surface area contributed by atoms with Crippen LogP contribution in [0.25, 0.3) is 22.3 Å². The Kier molecular flexibility index (Phi) is 5.88. The van der Waals surface area contributed by atoms with Crippen molar-refractivity contribution in [3.05, 3.63) is 82.9 Å². The van der Waals surface area contributed by atoms with E-state index in [2.05, 4.69) is 0 Å². The van der Waals surface area contributed by atoms with E-state index >= 15 is 0 Å². The zero-order valence-corrected chi connectivity index (χ0v) is 15.5. The molecule has 3 aromatic carbocycles. The average molecular weight is 422 g/mol. The van der Waals surface area contributed by atoms with Crippen LogP contribution in [0.2, 0.25) is 0 Å². The summed E-state index contributed by atoms with van der Waals surface area (Å²) in [4.78, 5) is 0. The summed E-state index contributed by atoms with van der Waals surface area (Å²) < 4.78 is 93.9. The van der Waals surface area contributed by atoms with Crippen molar-refractivity contribution < 1.29 is 30.7 Å². The first-order chi connectivity index (χ1) is 14.1. The molecule has 0 fully saturated rings. The van der Waals surface area contributed by atoms with Gasteiger partial charge in [-0.05, 0) is 52.9 Å². The SMILES string of the molecule is CCc1ccc(-c2cc(F)c(-c3cc(F)c(C#CC(F)(F)F)c(F)c3)c(F)c2)cc1. The van der Waals surface area contributed by atoms with Gasteiger partial charge in [0.1, 0.15) is 23.3 Å². The Balaban J connectivity index is 2.04. The van der Waals surface area contributed by atoms with Crippen LogP contribution in [0.5, 0.6) is 0 Å². The number of hydrogen-bond donors (Lipinski definition) is 0. The molecule has 0 aliphatic rings. The highest BCUT2D eigenvalue weighted by Crippen LogP contribution is 2.33. The van der Waals surface area contributed by atoms with E-state index in [0.717, 1.165) is 30.0 Å². The number of benzene rings is 3. The van der Waals surface area contributed by atoms with Gasteiger partial charge in [-0.1, -0.05) is 37.1 Å². The lowest BCUT2D eigenvalue weighted by Crippen LogP contribution is -2.03. The number of hydrogen-bond acceptors (Lipinski definition) is 0. The van der Waals surface area contributed by atoms with E-state index in [0.29, 0.717) is 17.7 Å². The van der Waals surface area contributed by atoms with E-state index in [9.17, 15) is 30.7 Å². The fourth-order valence-corrected chi connectivity index (χ4v) is 2.92. The Labute approximate surface area is 168 Å². The van der Waals surface area contributed by atoms with Crippen LogP contribution in [0.15, 0.2) is 48.5 Å². The lowest BCUT2D eigenvalue weighted by molar-refractivity contribution is -0.0696. The normalized spacial score (nSPS) is 11.2. The highest BCUT2D eigenvalue weighted by atomic mass is 19.4. The van der Waals surface area contributed by atoms with E-state index in [1.165, 1.54) is 5.92 Å². The van der Waals surface area contributed by atoms with Gasteiger partial charge in [0.05, 0.1) is 11.1 Å². The number of halogens is 7. The maximum absolute atomic E-state index is 14.6. The Hall–Kier alpha value is -3.27. The first-order valence-electron chi connectivity index (χ1n) is 8.76. The molecule has 0 heterocycles. The summed E-state index contributed by atoms with van der Waals surface area (Å²) in [5.41, 5.74) is -0.514. The minimum absolute atomic E-state index is 0.227. The molecule has 0 nitrogen and oxygen atoms in total. The Morgan fingerprint density at radius 3 is 1.67 bits per heavy atom. The standard InChI is InChI=1S/C23H13F7/c1-2-13-3-5-14(6-4-13)15-9-20(26)22(21(27)10-15)16-11-18(24)17(19(25)12-16)7-8-23(28,29)30/h3-6,9-12H,2H2,1H3. The van der Waals surface area contributed by atoms with Gasteiger partial charge in [0.15, 0.2) is 0 Å². The van der Waals surface area contributed by atoms with Gasteiger partial charge in [0, 0.05) is 5.92 Å². The van der Waals surface area contributed by atoms with Gasteiger partial charge < -0.3 is 0 Å². The lowest BCUT2D eigenvalue weighted by Gasteiger charge is -2.10. The molecule has 0 atom stereocenters. The molecule has 3 rings (SSSR count). The van der Waals surface area contributed by atoms with Crippen molar-refractivity contribution >= 4 is 0 Å². The van der Waals surface area contributed by atoms with Crippen molar-refractivity contribution in [3.8, 4) is 34.1 Å². The molecular formula is C23H13F7.